The summed E-state index contributed by atoms with van der Waals surface area (Å²) in [5.41, 5.74) is 5.20. The third-order valence-electron chi connectivity index (χ3n) is 6.14. The molecule has 2 N–H and O–H groups in total. The van der Waals surface area contributed by atoms with E-state index in [1.165, 1.54) is 54.7 Å². The van der Waals surface area contributed by atoms with Crippen molar-refractivity contribution in [3.8, 4) is 0 Å². The summed E-state index contributed by atoms with van der Waals surface area (Å²) in [7, 11) is 1.82. The highest BCUT2D eigenvalue weighted by atomic mass is 15.2. The first-order valence-corrected chi connectivity index (χ1v) is 11.5. The van der Waals surface area contributed by atoms with Crippen molar-refractivity contribution in [3.63, 3.8) is 0 Å². The van der Waals surface area contributed by atoms with Crippen molar-refractivity contribution >= 4 is 11.6 Å². The summed E-state index contributed by atoms with van der Waals surface area (Å²) in [5, 5.41) is 6.84. The summed E-state index contributed by atoms with van der Waals surface area (Å²) in [5.74, 6) is 0.824. The maximum atomic E-state index is 4.36. The fraction of sp³-hybridized carbons (Fsp3) is 0.423. The van der Waals surface area contributed by atoms with Gasteiger partial charge in [-0.05, 0) is 54.8 Å². The number of rotatable bonds is 7. The second kappa shape index (κ2) is 11.0. The average Bonchev–Trinajstić information content (AvgIpc) is 3.36. The van der Waals surface area contributed by atoms with Crippen LogP contribution < -0.4 is 15.5 Å². The van der Waals surface area contributed by atoms with Crippen molar-refractivity contribution in [1.29, 1.82) is 0 Å². The Bertz CT molecular complexity index is 856. The quantitative estimate of drug-likeness (QED) is 0.407. The molecule has 0 atom stereocenters. The Morgan fingerprint density at radius 3 is 1.90 bits per heavy atom. The van der Waals surface area contributed by atoms with Gasteiger partial charge < -0.3 is 15.5 Å². The number of hydrogen-bond donors (Lipinski definition) is 2. The highest BCUT2D eigenvalue weighted by Crippen LogP contribution is 2.17. The van der Waals surface area contributed by atoms with Crippen LogP contribution in [0.4, 0.5) is 5.69 Å². The summed E-state index contributed by atoms with van der Waals surface area (Å²) in [4.78, 5) is 9.29. The molecule has 0 saturated carbocycles. The SMILES string of the molecule is CN=C(NCc1ccc(CN2CCCCC2)cc1)NCc1ccc(N2CC=CC2)cc1. The molecule has 31 heavy (non-hydrogen) atoms. The van der Waals surface area contributed by atoms with Gasteiger partial charge in [-0.1, -0.05) is 55.0 Å². The molecule has 2 aromatic carbocycles. The fourth-order valence-corrected chi connectivity index (χ4v) is 4.24. The van der Waals surface area contributed by atoms with Crippen LogP contribution in [-0.4, -0.2) is 44.1 Å². The summed E-state index contributed by atoms with van der Waals surface area (Å²) in [6.45, 7) is 7.09. The van der Waals surface area contributed by atoms with Gasteiger partial charge in [-0.25, -0.2) is 0 Å². The fourth-order valence-electron chi connectivity index (χ4n) is 4.24. The van der Waals surface area contributed by atoms with E-state index < -0.39 is 0 Å². The van der Waals surface area contributed by atoms with E-state index in [4.69, 9.17) is 0 Å². The Balaban J connectivity index is 1.21. The van der Waals surface area contributed by atoms with Gasteiger partial charge in [0.25, 0.3) is 0 Å². The van der Waals surface area contributed by atoms with Crippen LogP contribution in [0.5, 0.6) is 0 Å². The van der Waals surface area contributed by atoms with E-state index in [1.807, 2.05) is 7.05 Å². The largest absolute Gasteiger partial charge is 0.364 e. The lowest BCUT2D eigenvalue weighted by Crippen LogP contribution is -2.36. The molecule has 0 aromatic heterocycles. The average molecular weight is 418 g/mol. The number of nitrogens with one attached hydrogen (secondary N) is 2. The minimum absolute atomic E-state index is 0.757. The van der Waals surface area contributed by atoms with Crippen molar-refractivity contribution in [3.05, 3.63) is 77.4 Å². The molecule has 0 radical (unpaired) electrons. The van der Waals surface area contributed by atoms with Crippen molar-refractivity contribution in [2.45, 2.75) is 38.9 Å². The van der Waals surface area contributed by atoms with E-state index in [0.717, 1.165) is 38.7 Å². The molecule has 0 spiro atoms. The van der Waals surface area contributed by atoms with Crippen molar-refractivity contribution in [2.24, 2.45) is 4.99 Å². The third-order valence-corrected chi connectivity index (χ3v) is 6.14. The zero-order valence-electron chi connectivity index (χ0n) is 18.7. The first-order chi connectivity index (χ1) is 15.3. The number of anilines is 1. The van der Waals surface area contributed by atoms with Gasteiger partial charge in [0.15, 0.2) is 5.96 Å². The maximum absolute atomic E-state index is 4.36. The second-order valence-corrected chi connectivity index (χ2v) is 8.48. The van der Waals surface area contributed by atoms with E-state index in [0.29, 0.717) is 0 Å². The molecule has 2 aliphatic rings. The maximum Gasteiger partial charge on any atom is 0.191 e. The lowest BCUT2D eigenvalue weighted by Gasteiger charge is -2.26. The minimum atomic E-state index is 0.757. The van der Waals surface area contributed by atoms with E-state index in [1.54, 1.807) is 0 Å². The zero-order chi connectivity index (χ0) is 21.3. The molecule has 0 aliphatic carbocycles. The molecular weight excluding hydrogens is 382 g/mol. The molecule has 2 aliphatic heterocycles. The molecule has 0 unspecified atom stereocenters. The van der Waals surface area contributed by atoms with Crippen LogP contribution in [0.25, 0.3) is 0 Å². The Labute approximate surface area is 186 Å². The highest BCUT2D eigenvalue weighted by molar-refractivity contribution is 5.79. The third kappa shape index (κ3) is 6.34. The van der Waals surface area contributed by atoms with Gasteiger partial charge in [-0.3, -0.25) is 9.89 Å². The van der Waals surface area contributed by atoms with Crippen LogP contribution in [0, 0.1) is 0 Å². The van der Waals surface area contributed by atoms with E-state index in [2.05, 4.69) is 86.1 Å². The van der Waals surface area contributed by atoms with Crippen LogP contribution in [0.1, 0.15) is 36.0 Å². The number of piperidine rings is 1. The number of benzene rings is 2. The van der Waals surface area contributed by atoms with E-state index in [9.17, 15) is 0 Å². The predicted molar refractivity (Wildman–Crippen MR) is 130 cm³/mol. The normalized spacial score (nSPS) is 17.2. The molecule has 0 bridgehead atoms. The van der Waals surface area contributed by atoms with Crippen LogP contribution in [0.2, 0.25) is 0 Å². The Morgan fingerprint density at radius 2 is 1.32 bits per heavy atom. The Kier molecular flexibility index (Phi) is 7.61. The topological polar surface area (TPSA) is 42.9 Å². The van der Waals surface area contributed by atoms with Gasteiger partial charge >= 0.3 is 0 Å². The zero-order valence-corrected chi connectivity index (χ0v) is 18.7. The summed E-state index contributed by atoms with van der Waals surface area (Å²) in [6.07, 6.45) is 8.50. The minimum Gasteiger partial charge on any atom is -0.364 e. The molecule has 5 nitrogen and oxygen atoms in total. The lowest BCUT2D eigenvalue weighted by molar-refractivity contribution is 0.221. The van der Waals surface area contributed by atoms with E-state index in [-0.39, 0.29) is 0 Å². The van der Waals surface area contributed by atoms with Gasteiger partial charge in [-0.2, -0.15) is 0 Å². The lowest BCUT2D eigenvalue weighted by atomic mass is 10.1. The van der Waals surface area contributed by atoms with Crippen molar-refractivity contribution < 1.29 is 0 Å². The molecule has 1 saturated heterocycles. The van der Waals surface area contributed by atoms with E-state index >= 15 is 0 Å². The summed E-state index contributed by atoms with van der Waals surface area (Å²) >= 11 is 0. The van der Waals surface area contributed by atoms with Gasteiger partial charge in [-0.15, -0.1) is 0 Å². The Morgan fingerprint density at radius 1 is 0.774 bits per heavy atom. The number of guanidine groups is 1. The highest BCUT2D eigenvalue weighted by Gasteiger charge is 2.10. The molecule has 1 fully saturated rings. The van der Waals surface area contributed by atoms with Gasteiger partial charge in [0, 0.05) is 45.5 Å². The summed E-state index contributed by atoms with van der Waals surface area (Å²) in [6, 6.07) is 17.8. The molecule has 4 rings (SSSR count). The summed E-state index contributed by atoms with van der Waals surface area (Å²) < 4.78 is 0. The smallest absolute Gasteiger partial charge is 0.191 e. The van der Waals surface area contributed by atoms with Crippen molar-refractivity contribution in [2.75, 3.05) is 38.1 Å². The standard InChI is InChI=1S/C26H35N5/c1-27-26(29-20-23-11-13-25(14-12-23)31-17-5-6-18-31)28-19-22-7-9-24(10-8-22)21-30-15-3-2-4-16-30/h5-14H,2-4,15-21H2,1H3,(H2,27,28,29). The van der Waals surface area contributed by atoms with Gasteiger partial charge in [0.2, 0.25) is 0 Å². The molecule has 2 aromatic rings. The first-order valence-electron chi connectivity index (χ1n) is 11.5. The Hall–Kier alpha value is -2.79. The van der Waals surface area contributed by atoms with Crippen LogP contribution in [0.15, 0.2) is 65.7 Å². The molecule has 0 amide bonds. The predicted octanol–water partition coefficient (Wildman–Crippen LogP) is 3.91. The van der Waals surface area contributed by atoms with Crippen LogP contribution >= 0.6 is 0 Å². The molecule has 2 heterocycles. The first kappa shape index (κ1) is 21.4. The number of nitrogens with zero attached hydrogens (tertiary/aromatic N) is 3. The number of hydrogen-bond acceptors (Lipinski definition) is 3. The van der Waals surface area contributed by atoms with Crippen LogP contribution in [-0.2, 0) is 19.6 Å². The molecule has 164 valence electrons. The van der Waals surface area contributed by atoms with Crippen LogP contribution in [0.3, 0.4) is 0 Å². The van der Waals surface area contributed by atoms with Gasteiger partial charge in [0.1, 0.15) is 0 Å². The second-order valence-electron chi connectivity index (χ2n) is 8.48. The number of likely N-dealkylation sites (tertiary alicyclic amines) is 1. The van der Waals surface area contributed by atoms with Crippen molar-refractivity contribution in [1.82, 2.24) is 15.5 Å². The number of aliphatic imine (C=N–C) groups is 1. The molecule has 5 heteroatoms. The van der Waals surface area contributed by atoms with Gasteiger partial charge in [0.05, 0.1) is 0 Å². The monoisotopic (exact) mass is 417 g/mol. The molecular formula is C26H35N5.